The van der Waals surface area contributed by atoms with E-state index in [0.29, 0.717) is 0 Å². The maximum atomic E-state index is 8.83. The van der Waals surface area contributed by atoms with Crippen molar-refractivity contribution in [3.63, 3.8) is 0 Å². The molecule has 0 bridgehead atoms. The van der Waals surface area contributed by atoms with Crippen LogP contribution in [-0.2, 0) is 5.75 Å². The number of amidine groups is 1. The quantitative estimate of drug-likeness (QED) is 0.296. The highest BCUT2D eigenvalue weighted by molar-refractivity contribution is 7.98. The average Bonchev–Trinajstić information content (AvgIpc) is 2.46. The van der Waals surface area contributed by atoms with Crippen molar-refractivity contribution >= 4 is 17.6 Å². The first-order chi connectivity index (χ1) is 9.61. The standard InChI is InChI=1S/C16H18N2OS/c1-11-7-8-15(12(2)9-11)20-10-13-5-3-4-6-14(13)16(17)18-19/h3-9,19H,10H2,1-2H3,(H2,17,18). The molecule has 104 valence electrons. The molecule has 0 aliphatic carbocycles. The summed E-state index contributed by atoms with van der Waals surface area (Å²) in [5.41, 5.74) is 10.1. The van der Waals surface area contributed by atoms with Crippen molar-refractivity contribution in [2.45, 2.75) is 24.5 Å². The number of oxime groups is 1. The normalized spacial score (nSPS) is 11.6. The molecule has 0 unspecified atom stereocenters. The molecule has 0 heterocycles. The Kier molecular flexibility index (Phi) is 4.69. The highest BCUT2D eigenvalue weighted by atomic mass is 32.2. The minimum atomic E-state index is 0.154. The van der Waals surface area contributed by atoms with Gasteiger partial charge in [-0.3, -0.25) is 0 Å². The van der Waals surface area contributed by atoms with Gasteiger partial charge >= 0.3 is 0 Å². The third kappa shape index (κ3) is 3.33. The lowest BCUT2D eigenvalue weighted by Crippen LogP contribution is -2.15. The monoisotopic (exact) mass is 286 g/mol. The van der Waals surface area contributed by atoms with Crippen molar-refractivity contribution in [1.29, 1.82) is 0 Å². The van der Waals surface area contributed by atoms with E-state index < -0.39 is 0 Å². The molecule has 2 aromatic rings. The topological polar surface area (TPSA) is 58.6 Å². The zero-order chi connectivity index (χ0) is 14.5. The fraction of sp³-hybridized carbons (Fsp3) is 0.188. The second-order valence-electron chi connectivity index (χ2n) is 4.70. The summed E-state index contributed by atoms with van der Waals surface area (Å²) in [6.07, 6.45) is 0. The Morgan fingerprint density at radius 3 is 2.65 bits per heavy atom. The van der Waals surface area contributed by atoms with Crippen molar-refractivity contribution in [2.24, 2.45) is 10.9 Å². The van der Waals surface area contributed by atoms with E-state index in [0.717, 1.165) is 16.9 Å². The van der Waals surface area contributed by atoms with E-state index in [4.69, 9.17) is 10.9 Å². The molecular formula is C16H18N2OS. The average molecular weight is 286 g/mol. The zero-order valence-electron chi connectivity index (χ0n) is 11.6. The molecule has 0 aliphatic rings. The number of hydrogen-bond acceptors (Lipinski definition) is 3. The summed E-state index contributed by atoms with van der Waals surface area (Å²) in [6.45, 7) is 4.21. The van der Waals surface area contributed by atoms with Gasteiger partial charge in [-0.15, -0.1) is 11.8 Å². The molecule has 20 heavy (non-hydrogen) atoms. The summed E-state index contributed by atoms with van der Waals surface area (Å²) >= 11 is 1.76. The Bertz CT molecular complexity index is 638. The van der Waals surface area contributed by atoms with E-state index in [2.05, 4.69) is 37.2 Å². The lowest BCUT2D eigenvalue weighted by atomic mass is 10.1. The third-order valence-electron chi connectivity index (χ3n) is 3.11. The van der Waals surface area contributed by atoms with Gasteiger partial charge in [0.2, 0.25) is 0 Å². The van der Waals surface area contributed by atoms with Crippen LogP contribution >= 0.6 is 11.8 Å². The SMILES string of the molecule is Cc1ccc(SCc2ccccc2/C(N)=N/O)c(C)c1. The predicted molar refractivity (Wildman–Crippen MR) is 84.4 cm³/mol. The number of aryl methyl sites for hydroxylation is 2. The Morgan fingerprint density at radius 1 is 1.20 bits per heavy atom. The van der Waals surface area contributed by atoms with Crippen LogP contribution < -0.4 is 5.73 Å². The Hall–Kier alpha value is -1.94. The predicted octanol–water partition coefficient (Wildman–Crippen LogP) is 3.69. The van der Waals surface area contributed by atoms with Gasteiger partial charge in [-0.2, -0.15) is 0 Å². The molecule has 0 radical (unpaired) electrons. The van der Waals surface area contributed by atoms with Gasteiger partial charge < -0.3 is 10.9 Å². The van der Waals surface area contributed by atoms with Gasteiger partial charge in [0.1, 0.15) is 0 Å². The Balaban J connectivity index is 2.19. The molecule has 3 nitrogen and oxygen atoms in total. The molecule has 0 atom stereocenters. The summed E-state index contributed by atoms with van der Waals surface area (Å²) in [5, 5.41) is 11.9. The van der Waals surface area contributed by atoms with E-state index in [-0.39, 0.29) is 5.84 Å². The fourth-order valence-electron chi connectivity index (χ4n) is 2.07. The maximum absolute atomic E-state index is 8.83. The highest BCUT2D eigenvalue weighted by Gasteiger charge is 2.07. The molecule has 0 amide bonds. The first-order valence-electron chi connectivity index (χ1n) is 6.37. The number of nitrogens with two attached hydrogens (primary N) is 1. The van der Waals surface area contributed by atoms with Crippen molar-refractivity contribution in [3.8, 4) is 0 Å². The fourth-order valence-corrected chi connectivity index (χ4v) is 3.08. The Morgan fingerprint density at radius 2 is 1.95 bits per heavy atom. The van der Waals surface area contributed by atoms with E-state index >= 15 is 0 Å². The molecule has 0 saturated carbocycles. The number of nitrogens with zero attached hydrogens (tertiary/aromatic N) is 1. The summed E-state index contributed by atoms with van der Waals surface area (Å²) in [6, 6.07) is 14.2. The van der Waals surface area contributed by atoms with Gasteiger partial charge in [-0.1, -0.05) is 47.1 Å². The van der Waals surface area contributed by atoms with Crippen LogP contribution in [0.4, 0.5) is 0 Å². The molecule has 4 heteroatoms. The number of benzene rings is 2. The van der Waals surface area contributed by atoms with Gasteiger partial charge in [0.25, 0.3) is 0 Å². The minimum Gasteiger partial charge on any atom is -0.409 e. The summed E-state index contributed by atoms with van der Waals surface area (Å²) in [7, 11) is 0. The summed E-state index contributed by atoms with van der Waals surface area (Å²) < 4.78 is 0. The van der Waals surface area contributed by atoms with Crippen LogP contribution in [0.3, 0.4) is 0 Å². The first kappa shape index (κ1) is 14.5. The number of hydrogen-bond donors (Lipinski definition) is 2. The van der Waals surface area contributed by atoms with E-state index in [1.54, 1.807) is 11.8 Å². The van der Waals surface area contributed by atoms with Gasteiger partial charge in [0.05, 0.1) is 0 Å². The van der Waals surface area contributed by atoms with Crippen molar-refractivity contribution in [1.82, 2.24) is 0 Å². The van der Waals surface area contributed by atoms with Crippen LogP contribution in [0.15, 0.2) is 52.5 Å². The first-order valence-corrected chi connectivity index (χ1v) is 7.36. The summed E-state index contributed by atoms with van der Waals surface area (Å²) in [5.74, 6) is 0.942. The van der Waals surface area contributed by atoms with E-state index in [1.807, 2.05) is 24.3 Å². The molecule has 0 aromatic heterocycles. The highest BCUT2D eigenvalue weighted by Crippen LogP contribution is 2.27. The van der Waals surface area contributed by atoms with Crippen LogP contribution in [0.5, 0.6) is 0 Å². The van der Waals surface area contributed by atoms with Gasteiger partial charge in [-0.25, -0.2) is 0 Å². The largest absolute Gasteiger partial charge is 0.409 e. The third-order valence-corrected chi connectivity index (χ3v) is 4.34. The summed E-state index contributed by atoms with van der Waals surface area (Å²) in [4.78, 5) is 1.25. The van der Waals surface area contributed by atoms with Crippen molar-refractivity contribution in [2.75, 3.05) is 0 Å². The zero-order valence-corrected chi connectivity index (χ0v) is 12.4. The lowest BCUT2D eigenvalue weighted by molar-refractivity contribution is 0.318. The number of rotatable bonds is 4. The Labute approximate surface area is 123 Å². The number of thioether (sulfide) groups is 1. The molecular weight excluding hydrogens is 268 g/mol. The molecule has 0 aliphatic heterocycles. The smallest absolute Gasteiger partial charge is 0.170 e. The molecule has 2 rings (SSSR count). The molecule has 2 aromatic carbocycles. The van der Waals surface area contributed by atoms with Gasteiger partial charge in [0, 0.05) is 16.2 Å². The van der Waals surface area contributed by atoms with Crippen molar-refractivity contribution in [3.05, 3.63) is 64.7 Å². The molecule has 0 saturated heterocycles. The maximum Gasteiger partial charge on any atom is 0.170 e. The van der Waals surface area contributed by atoms with Gasteiger partial charge in [0.15, 0.2) is 5.84 Å². The molecule has 0 spiro atoms. The second kappa shape index (κ2) is 6.48. The van der Waals surface area contributed by atoms with E-state index in [1.165, 1.54) is 16.0 Å². The van der Waals surface area contributed by atoms with Crippen LogP contribution in [0, 0.1) is 13.8 Å². The van der Waals surface area contributed by atoms with Crippen LogP contribution in [0.1, 0.15) is 22.3 Å². The van der Waals surface area contributed by atoms with Crippen LogP contribution in [-0.4, -0.2) is 11.0 Å². The second-order valence-corrected chi connectivity index (χ2v) is 5.72. The van der Waals surface area contributed by atoms with E-state index in [9.17, 15) is 0 Å². The van der Waals surface area contributed by atoms with Crippen molar-refractivity contribution < 1.29 is 5.21 Å². The molecule has 0 fully saturated rings. The lowest BCUT2D eigenvalue weighted by Gasteiger charge is -2.10. The van der Waals surface area contributed by atoms with Crippen LogP contribution in [0.25, 0.3) is 0 Å². The van der Waals surface area contributed by atoms with Crippen LogP contribution in [0.2, 0.25) is 0 Å². The van der Waals surface area contributed by atoms with Gasteiger partial charge in [-0.05, 0) is 31.0 Å². The minimum absolute atomic E-state index is 0.154. The molecule has 3 N–H and O–H groups in total.